The van der Waals surface area contributed by atoms with Crippen LogP contribution >= 0.6 is 0 Å². The molecule has 4 heteroatoms. The Morgan fingerprint density at radius 3 is 2.73 bits per heavy atom. The summed E-state index contributed by atoms with van der Waals surface area (Å²) < 4.78 is 4.94. The zero-order valence-corrected chi connectivity index (χ0v) is 6.58. The summed E-state index contributed by atoms with van der Waals surface area (Å²) in [7, 11) is 5.58. The first-order chi connectivity index (χ1) is 5.24. The van der Waals surface area contributed by atoms with E-state index in [4.69, 9.17) is 18.3 Å². The molecule has 1 heterocycles. The van der Waals surface area contributed by atoms with E-state index in [1.165, 1.54) is 6.20 Å². The Morgan fingerprint density at radius 2 is 2.36 bits per heavy atom. The minimum absolute atomic E-state index is 0.241. The molecular weight excluding hydrogens is 139 g/mol. The highest BCUT2D eigenvalue weighted by molar-refractivity contribution is 6.64. The number of nitrogens with two attached hydrogens (primary N) is 1. The van der Waals surface area contributed by atoms with Crippen molar-refractivity contribution in [3.05, 3.63) is 11.8 Å². The minimum atomic E-state index is 0.241. The molecule has 2 N–H and O–H groups in total. The Bertz CT molecular complexity index is 197. The van der Waals surface area contributed by atoms with E-state index in [-0.39, 0.29) is 6.04 Å². The van der Waals surface area contributed by atoms with Gasteiger partial charge in [-0.15, -0.1) is 0 Å². The Balaban J connectivity index is 2.50. The molecule has 0 amide bonds. The van der Waals surface area contributed by atoms with Crippen molar-refractivity contribution in [2.75, 3.05) is 13.2 Å². The molecule has 1 aliphatic rings. The number of allylic oxidation sites excluding steroid dienone is 1. The van der Waals surface area contributed by atoms with Crippen LogP contribution in [0.1, 0.15) is 6.92 Å². The molecule has 1 rings (SSSR count). The lowest BCUT2D eigenvalue weighted by Gasteiger charge is -2.22. The Labute approximate surface area is 67.7 Å². The molecule has 0 atom stereocenters. The summed E-state index contributed by atoms with van der Waals surface area (Å²) in [5.74, 6) is 0. The molecule has 0 aromatic rings. The first kappa shape index (κ1) is 8.33. The van der Waals surface area contributed by atoms with Crippen LogP contribution in [0.3, 0.4) is 0 Å². The van der Waals surface area contributed by atoms with Crippen molar-refractivity contribution in [1.29, 1.82) is 0 Å². The SMILES string of the molecule is [B]C(=NC1COC1)C(C)=CN. The quantitative estimate of drug-likeness (QED) is 0.438. The second-order valence-electron chi connectivity index (χ2n) is 2.56. The maximum absolute atomic E-state index is 5.58. The molecule has 0 saturated carbocycles. The van der Waals surface area contributed by atoms with Crippen molar-refractivity contribution >= 4 is 13.5 Å². The van der Waals surface area contributed by atoms with Crippen LogP contribution in [0.25, 0.3) is 0 Å². The third-order valence-electron chi connectivity index (χ3n) is 1.60. The molecule has 0 spiro atoms. The van der Waals surface area contributed by atoms with Gasteiger partial charge in [0.2, 0.25) is 0 Å². The largest absolute Gasteiger partial charge is 0.404 e. The maximum atomic E-state index is 5.58. The van der Waals surface area contributed by atoms with Crippen LogP contribution in [0.2, 0.25) is 0 Å². The third kappa shape index (κ3) is 2.08. The second-order valence-corrected chi connectivity index (χ2v) is 2.56. The molecule has 0 unspecified atom stereocenters. The van der Waals surface area contributed by atoms with E-state index < -0.39 is 0 Å². The molecule has 11 heavy (non-hydrogen) atoms. The maximum Gasteiger partial charge on any atom is 0.141 e. The lowest BCUT2D eigenvalue weighted by atomic mass is 9.94. The van der Waals surface area contributed by atoms with Crippen LogP contribution in [-0.2, 0) is 4.74 Å². The standard InChI is InChI=1S/C7H11BN2O/c1-5(2-9)7(8)10-6-3-11-4-6/h2,6H,3-4,9H2,1H3. The zero-order chi connectivity index (χ0) is 8.27. The molecular formula is C7H11BN2O. The number of ether oxygens (including phenoxy) is 1. The molecule has 58 valence electrons. The van der Waals surface area contributed by atoms with Crippen molar-refractivity contribution in [1.82, 2.24) is 0 Å². The van der Waals surface area contributed by atoms with E-state index in [2.05, 4.69) is 4.99 Å². The number of aliphatic imine (C=N–C) groups is 1. The highest BCUT2D eigenvalue weighted by Crippen LogP contribution is 2.06. The molecule has 0 aromatic heterocycles. The fourth-order valence-corrected chi connectivity index (χ4v) is 0.682. The van der Waals surface area contributed by atoms with Crippen LogP contribution in [0.5, 0.6) is 0 Å². The van der Waals surface area contributed by atoms with Gasteiger partial charge in [0, 0.05) is 0 Å². The van der Waals surface area contributed by atoms with Gasteiger partial charge >= 0.3 is 0 Å². The van der Waals surface area contributed by atoms with Crippen LogP contribution in [0.4, 0.5) is 0 Å². The van der Waals surface area contributed by atoms with Crippen LogP contribution in [-0.4, -0.2) is 32.7 Å². The first-order valence-corrected chi connectivity index (χ1v) is 3.54. The van der Waals surface area contributed by atoms with E-state index in [1.54, 1.807) is 0 Å². The van der Waals surface area contributed by atoms with Gasteiger partial charge in [-0.3, -0.25) is 4.99 Å². The summed E-state index contributed by atoms with van der Waals surface area (Å²) in [5.41, 5.74) is 6.59. The summed E-state index contributed by atoms with van der Waals surface area (Å²) in [5, 5.41) is 0. The van der Waals surface area contributed by atoms with Gasteiger partial charge in [0.1, 0.15) is 7.85 Å². The summed E-state index contributed by atoms with van der Waals surface area (Å²) in [6.45, 7) is 3.19. The van der Waals surface area contributed by atoms with E-state index in [1.807, 2.05) is 6.92 Å². The number of hydrogen-bond donors (Lipinski definition) is 1. The van der Waals surface area contributed by atoms with Crippen LogP contribution in [0, 0.1) is 0 Å². The smallest absolute Gasteiger partial charge is 0.141 e. The van der Waals surface area contributed by atoms with Crippen LogP contribution in [0.15, 0.2) is 16.8 Å². The molecule has 1 fully saturated rings. The molecule has 1 saturated heterocycles. The van der Waals surface area contributed by atoms with Crippen molar-refractivity contribution in [2.45, 2.75) is 13.0 Å². The molecule has 1 aliphatic heterocycles. The normalized spacial score (nSPS) is 21.5. The summed E-state index contributed by atoms with van der Waals surface area (Å²) in [6.07, 6.45) is 1.46. The summed E-state index contributed by atoms with van der Waals surface area (Å²) in [4.78, 5) is 4.17. The molecule has 0 bridgehead atoms. The van der Waals surface area contributed by atoms with Gasteiger partial charge in [-0.2, -0.15) is 0 Å². The predicted molar refractivity (Wildman–Crippen MR) is 45.7 cm³/mol. The molecule has 0 aliphatic carbocycles. The zero-order valence-electron chi connectivity index (χ0n) is 6.58. The first-order valence-electron chi connectivity index (χ1n) is 3.54. The van der Waals surface area contributed by atoms with E-state index in [0.717, 1.165) is 5.57 Å². The molecule has 0 aromatic carbocycles. The Kier molecular flexibility index (Phi) is 2.71. The Hall–Kier alpha value is -0.765. The Morgan fingerprint density at radius 1 is 1.73 bits per heavy atom. The monoisotopic (exact) mass is 150 g/mol. The van der Waals surface area contributed by atoms with Crippen molar-refractivity contribution in [3.63, 3.8) is 0 Å². The summed E-state index contributed by atoms with van der Waals surface area (Å²) >= 11 is 0. The third-order valence-corrected chi connectivity index (χ3v) is 1.60. The molecule has 3 nitrogen and oxygen atoms in total. The number of hydrogen-bond acceptors (Lipinski definition) is 3. The van der Waals surface area contributed by atoms with Crippen LogP contribution < -0.4 is 5.73 Å². The summed E-state index contributed by atoms with van der Waals surface area (Å²) in [6, 6.07) is 0.241. The number of nitrogens with zero attached hydrogens (tertiary/aromatic N) is 1. The van der Waals surface area contributed by atoms with Gasteiger partial charge in [0.15, 0.2) is 0 Å². The van der Waals surface area contributed by atoms with Crippen molar-refractivity contribution in [2.24, 2.45) is 10.7 Å². The van der Waals surface area contributed by atoms with E-state index >= 15 is 0 Å². The number of rotatable bonds is 2. The highest BCUT2D eigenvalue weighted by Gasteiger charge is 2.16. The average molecular weight is 150 g/mol. The fourth-order valence-electron chi connectivity index (χ4n) is 0.682. The van der Waals surface area contributed by atoms with E-state index in [0.29, 0.717) is 18.8 Å². The predicted octanol–water partition coefficient (Wildman–Crippen LogP) is -0.185. The lowest BCUT2D eigenvalue weighted by molar-refractivity contribution is 0.0134. The lowest BCUT2D eigenvalue weighted by Crippen LogP contribution is -2.32. The van der Waals surface area contributed by atoms with Crippen molar-refractivity contribution in [3.8, 4) is 0 Å². The minimum Gasteiger partial charge on any atom is -0.404 e. The van der Waals surface area contributed by atoms with Gasteiger partial charge in [-0.05, 0) is 24.3 Å². The highest BCUT2D eigenvalue weighted by atomic mass is 16.5. The van der Waals surface area contributed by atoms with Gasteiger partial charge in [-0.1, -0.05) is 0 Å². The van der Waals surface area contributed by atoms with Crippen molar-refractivity contribution < 1.29 is 4.74 Å². The fraction of sp³-hybridized carbons (Fsp3) is 0.571. The van der Waals surface area contributed by atoms with Gasteiger partial charge < -0.3 is 10.5 Å². The van der Waals surface area contributed by atoms with Gasteiger partial charge in [0.05, 0.1) is 19.3 Å². The topological polar surface area (TPSA) is 47.6 Å². The second kappa shape index (κ2) is 3.58. The van der Waals surface area contributed by atoms with Gasteiger partial charge in [0.25, 0.3) is 0 Å². The average Bonchev–Trinajstić information content (AvgIpc) is 1.94. The van der Waals surface area contributed by atoms with E-state index in [9.17, 15) is 0 Å². The van der Waals surface area contributed by atoms with Gasteiger partial charge in [-0.25, -0.2) is 0 Å². The molecule has 2 radical (unpaired) electrons.